The Bertz CT molecular complexity index is 600. The van der Waals surface area contributed by atoms with E-state index in [1.54, 1.807) is 0 Å². The van der Waals surface area contributed by atoms with Gasteiger partial charge in [0.15, 0.2) is 0 Å². The van der Waals surface area contributed by atoms with E-state index in [2.05, 4.69) is 16.1 Å². The van der Waals surface area contributed by atoms with Gasteiger partial charge in [-0.3, -0.25) is 4.68 Å². The van der Waals surface area contributed by atoms with E-state index in [9.17, 15) is 0 Å². The van der Waals surface area contributed by atoms with Crippen molar-refractivity contribution in [1.82, 2.24) is 9.78 Å². The number of rotatable bonds is 2. The molecule has 20 heavy (non-hydrogen) atoms. The van der Waals surface area contributed by atoms with E-state index in [0.29, 0.717) is 6.04 Å². The molecule has 0 amide bonds. The highest BCUT2D eigenvalue weighted by Gasteiger charge is 2.21. The van der Waals surface area contributed by atoms with Crippen molar-refractivity contribution < 1.29 is 0 Å². The van der Waals surface area contributed by atoms with E-state index in [0.717, 1.165) is 42.2 Å². The van der Waals surface area contributed by atoms with Crippen LogP contribution in [0.4, 0.5) is 5.69 Å². The fourth-order valence-corrected chi connectivity index (χ4v) is 2.96. The zero-order valence-corrected chi connectivity index (χ0v) is 12.3. The minimum atomic E-state index is 0.331. The topological polar surface area (TPSA) is 47.1 Å². The summed E-state index contributed by atoms with van der Waals surface area (Å²) in [6.45, 7) is 1.97. The molecule has 2 aromatic rings. The van der Waals surface area contributed by atoms with Crippen molar-refractivity contribution >= 4 is 17.3 Å². The number of nitrogens with two attached hydrogens (primary N) is 1. The lowest BCUT2D eigenvalue weighted by molar-refractivity contribution is 0.501. The van der Waals surface area contributed by atoms with E-state index in [-0.39, 0.29) is 0 Å². The summed E-state index contributed by atoms with van der Waals surface area (Å²) in [5.41, 5.74) is 9.37. The Morgan fingerprint density at radius 3 is 2.75 bits per heavy atom. The predicted octanol–water partition coefficient (Wildman–Crippen LogP) is 2.67. The van der Waals surface area contributed by atoms with Crippen LogP contribution in [0.1, 0.15) is 12.8 Å². The van der Waals surface area contributed by atoms with E-state index in [1.165, 1.54) is 5.69 Å². The highest BCUT2D eigenvalue weighted by Crippen LogP contribution is 2.33. The Balaban J connectivity index is 1.97. The SMILES string of the molecule is Cn1ncc(N2CCC(N)CC2)c1-c1cccc(Cl)c1. The summed E-state index contributed by atoms with van der Waals surface area (Å²) >= 11 is 6.11. The highest BCUT2D eigenvalue weighted by molar-refractivity contribution is 6.30. The lowest BCUT2D eigenvalue weighted by Gasteiger charge is -2.31. The first-order valence-corrected chi connectivity index (χ1v) is 7.31. The van der Waals surface area contributed by atoms with Crippen LogP contribution in [-0.2, 0) is 7.05 Å². The Hall–Kier alpha value is -1.52. The third kappa shape index (κ3) is 2.53. The molecule has 2 N–H and O–H groups in total. The van der Waals surface area contributed by atoms with Crippen LogP contribution in [0.25, 0.3) is 11.3 Å². The van der Waals surface area contributed by atoms with Gasteiger partial charge in [0.25, 0.3) is 0 Å². The summed E-state index contributed by atoms with van der Waals surface area (Å²) in [6, 6.07) is 8.25. The molecule has 0 saturated carbocycles. The summed E-state index contributed by atoms with van der Waals surface area (Å²) < 4.78 is 1.91. The van der Waals surface area contributed by atoms with Gasteiger partial charge in [-0.15, -0.1) is 0 Å². The summed E-state index contributed by atoms with van der Waals surface area (Å²) in [4.78, 5) is 2.37. The maximum absolute atomic E-state index is 6.11. The first-order chi connectivity index (χ1) is 9.65. The minimum absolute atomic E-state index is 0.331. The fourth-order valence-electron chi connectivity index (χ4n) is 2.77. The van der Waals surface area contributed by atoms with Crippen LogP contribution >= 0.6 is 11.6 Å². The van der Waals surface area contributed by atoms with Crippen LogP contribution in [-0.4, -0.2) is 28.9 Å². The van der Waals surface area contributed by atoms with Gasteiger partial charge in [0.05, 0.1) is 17.6 Å². The molecule has 1 aliphatic heterocycles. The molecule has 5 heteroatoms. The molecule has 1 aromatic carbocycles. The summed E-state index contributed by atoms with van der Waals surface area (Å²) in [7, 11) is 1.97. The number of nitrogens with zero attached hydrogens (tertiary/aromatic N) is 3. The highest BCUT2D eigenvalue weighted by atomic mass is 35.5. The van der Waals surface area contributed by atoms with Gasteiger partial charge in [-0.25, -0.2) is 0 Å². The summed E-state index contributed by atoms with van der Waals surface area (Å²) in [5, 5.41) is 5.16. The second-order valence-electron chi connectivity index (χ2n) is 5.34. The molecule has 0 radical (unpaired) electrons. The number of hydrogen-bond donors (Lipinski definition) is 1. The number of aromatic nitrogens is 2. The minimum Gasteiger partial charge on any atom is -0.368 e. The van der Waals surface area contributed by atoms with Gasteiger partial charge >= 0.3 is 0 Å². The molecule has 3 rings (SSSR count). The average Bonchev–Trinajstić information content (AvgIpc) is 2.81. The van der Waals surface area contributed by atoms with Crippen LogP contribution in [0, 0.1) is 0 Å². The number of anilines is 1. The van der Waals surface area contributed by atoms with Crippen molar-refractivity contribution in [3.8, 4) is 11.3 Å². The number of aryl methyl sites for hydroxylation is 1. The Morgan fingerprint density at radius 2 is 2.05 bits per heavy atom. The Labute approximate surface area is 124 Å². The summed E-state index contributed by atoms with van der Waals surface area (Å²) in [6.07, 6.45) is 4.00. The molecule has 106 valence electrons. The Morgan fingerprint density at radius 1 is 1.30 bits per heavy atom. The van der Waals surface area contributed by atoms with E-state index in [1.807, 2.05) is 36.1 Å². The molecule has 1 saturated heterocycles. The van der Waals surface area contributed by atoms with Gasteiger partial charge in [-0.1, -0.05) is 23.7 Å². The van der Waals surface area contributed by atoms with E-state index >= 15 is 0 Å². The maximum Gasteiger partial charge on any atom is 0.0913 e. The van der Waals surface area contributed by atoms with Gasteiger partial charge in [0.1, 0.15) is 0 Å². The lowest BCUT2D eigenvalue weighted by Crippen LogP contribution is -2.39. The first kappa shape index (κ1) is 13.5. The van der Waals surface area contributed by atoms with E-state index < -0.39 is 0 Å². The molecule has 2 heterocycles. The molecule has 0 unspecified atom stereocenters. The molecule has 0 atom stereocenters. The van der Waals surface area contributed by atoms with Crippen molar-refractivity contribution in [2.24, 2.45) is 12.8 Å². The average molecular weight is 291 g/mol. The van der Waals surface area contributed by atoms with Crippen LogP contribution < -0.4 is 10.6 Å². The monoisotopic (exact) mass is 290 g/mol. The van der Waals surface area contributed by atoms with Crippen LogP contribution in [0.2, 0.25) is 5.02 Å². The van der Waals surface area contributed by atoms with Crippen molar-refractivity contribution in [1.29, 1.82) is 0 Å². The molecule has 1 aromatic heterocycles. The quantitative estimate of drug-likeness (QED) is 0.925. The molecule has 1 aliphatic rings. The number of piperidine rings is 1. The number of hydrogen-bond acceptors (Lipinski definition) is 3. The van der Waals surface area contributed by atoms with Crippen molar-refractivity contribution in [2.45, 2.75) is 18.9 Å². The summed E-state index contributed by atoms with van der Waals surface area (Å²) in [5.74, 6) is 0. The van der Waals surface area contributed by atoms with Crippen LogP contribution in [0.5, 0.6) is 0 Å². The first-order valence-electron chi connectivity index (χ1n) is 6.93. The van der Waals surface area contributed by atoms with Gasteiger partial charge in [-0.05, 0) is 25.0 Å². The number of halogens is 1. The van der Waals surface area contributed by atoms with Crippen LogP contribution in [0.3, 0.4) is 0 Å². The van der Waals surface area contributed by atoms with Gasteiger partial charge in [0, 0.05) is 36.8 Å². The second kappa shape index (κ2) is 5.46. The molecule has 0 bridgehead atoms. The Kier molecular flexibility index (Phi) is 3.68. The third-order valence-electron chi connectivity index (χ3n) is 3.90. The normalized spacial score (nSPS) is 16.6. The molecule has 0 aliphatic carbocycles. The smallest absolute Gasteiger partial charge is 0.0913 e. The van der Waals surface area contributed by atoms with Crippen molar-refractivity contribution in [2.75, 3.05) is 18.0 Å². The third-order valence-corrected chi connectivity index (χ3v) is 4.13. The lowest BCUT2D eigenvalue weighted by atomic mass is 10.0. The molecule has 1 fully saturated rings. The van der Waals surface area contributed by atoms with Gasteiger partial charge in [0.2, 0.25) is 0 Å². The molecular formula is C15H19ClN4. The van der Waals surface area contributed by atoms with E-state index in [4.69, 9.17) is 17.3 Å². The fraction of sp³-hybridized carbons (Fsp3) is 0.400. The maximum atomic E-state index is 6.11. The zero-order valence-electron chi connectivity index (χ0n) is 11.6. The predicted molar refractivity (Wildman–Crippen MR) is 83.1 cm³/mol. The number of benzene rings is 1. The van der Waals surface area contributed by atoms with Crippen molar-refractivity contribution in [3.63, 3.8) is 0 Å². The standard InChI is InChI=1S/C15H19ClN4/c1-19-15(11-3-2-4-12(16)9-11)14(10-18-19)20-7-5-13(17)6-8-20/h2-4,9-10,13H,5-8,17H2,1H3. The van der Waals surface area contributed by atoms with Gasteiger partial charge < -0.3 is 10.6 Å². The largest absolute Gasteiger partial charge is 0.368 e. The second-order valence-corrected chi connectivity index (χ2v) is 5.77. The molecule has 4 nitrogen and oxygen atoms in total. The van der Waals surface area contributed by atoms with Crippen LogP contribution in [0.15, 0.2) is 30.5 Å². The van der Waals surface area contributed by atoms with Crippen molar-refractivity contribution in [3.05, 3.63) is 35.5 Å². The molecular weight excluding hydrogens is 272 g/mol. The zero-order chi connectivity index (χ0) is 14.1. The van der Waals surface area contributed by atoms with Gasteiger partial charge in [-0.2, -0.15) is 5.10 Å². The molecule has 0 spiro atoms.